The number of rotatable bonds is 1. The molecule has 1 saturated heterocycles. The minimum Gasteiger partial charge on any atom is -0.389 e. The molecule has 2 N–H and O–H groups in total. The summed E-state index contributed by atoms with van der Waals surface area (Å²) in [6, 6.07) is 1.34. The van der Waals surface area contributed by atoms with E-state index in [9.17, 15) is 9.90 Å². The van der Waals surface area contributed by atoms with E-state index in [1.807, 2.05) is 0 Å². The predicted octanol–water partition coefficient (Wildman–Crippen LogP) is -0.809. The second kappa shape index (κ2) is 3.39. The zero-order valence-electron chi connectivity index (χ0n) is 7.73. The van der Waals surface area contributed by atoms with Crippen molar-refractivity contribution in [2.45, 2.75) is 13.0 Å². The number of aryl methyl sites for hydroxylation is 1. The summed E-state index contributed by atoms with van der Waals surface area (Å²) in [7, 11) is 0. The average Bonchev–Trinajstić information content (AvgIpc) is 2.50. The third-order valence-electron chi connectivity index (χ3n) is 1.90. The van der Waals surface area contributed by atoms with Crippen molar-refractivity contribution in [1.82, 2.24) is 9.97 Å². The van der Waals surface area contributed by atoms with E-state index in [0.717, 1.165) is 0 Å². The Labute approximate surface area is 80.1 Å². The largest absolute Gasteiger partial charge is 0.389 e. The number of nitrogens with zero attached hydrogens (tertiary/aromatic N) is 2. The third-order valence-corrected chi connectivity index (χ3v) is 1.90. The first-order chi connectivity index (χ1) is 6.65. The van der Waals surface area contributed by atoms with Crippen molar-refractivity contribution < 1.29 is 9.94 Å². The fraction of sp³-hybridized carbons (Fsp3) is 0.500. The van der Waals surface area contributed by atoms with Gasteiger partial charge in [0.25, 0.3) is 5.56 Å². The number of nitrogens with one attached hydrogen (secondary N) is 1. The Balaban J connectivity index is 2.28. The van der Waals surface area contributed by atoms with Crippen molar-refractivity contribution in [1.29, 1.82) is 0 Å². The van der Waals surface area contributed by atoms with E-state index in [2.05, 4.69) is 9.97 Å². The second-order valence-electron chi connectivity index (χ2n) is 3.20. The van der Waals surface area contributed by atoms with E-state index in [4.69, 9.17) is 4.84 Å². The van der Waals surface area contributed by atoms with Gasteiger partial charge >= 0.3 is 0 Å². The Morgan fingerprint density at radius 3 is 3.14 bits per heavy atom. The van der Waals surface area contributed by atoms with Crippen LogP contribution in [0.5, 0.6) is 0 Å². The van der Waals surface area contributed by atoms with Crippen LogP contribution >= 0.6 is 0 Å². The van der Waals surface area contributed by atoms with Gasteiger partial charge in [-0.05, 0) is 6.92 Å². The lowest BCUT2D eigenvalue weighted by atomic mass is 10.4. The number of anilines is 1. The third kappa shape index (κ3) is 1.75. The van der Waals surface area contributed by atoms with Crippen LogP contribution in [0.1, 0.15) is 5.82 Å². The van der Waals surface area contributed by atoms with E-state index in [-0.39, 0.29) is 12.2 Å². The van der Waals surface area contributed by atoms with Crippen molar-refractivity contribution in [2.75, 3.05) is 18.2 Å². The Bertz CT molecular complexity index is 390. The van der Waals surface area contributed by atoms with Crippen molar-refractivity contribution in [3.63, 3.8) is 0 Å². The molecular formula is C8H11N3O3. The topological polar surface area (TPSA) is 78.5 Å². The molecule has 1 aliphatic rings. The molecule has 1 unspecified atom stereocenters. The smallest absolute Gasteiger partial charge is 0.253 e. The zero-order chi connectivity index (χ0) is 10.1. The van der Waals surface area contributed by atoms with Gasteiger partial charge in [-0.25, -0.2) is 10.0 Å². The van der Waals surface area contributed by atoms with Crippen LogP contribution in [0.3, 0.4) is 0 Å². The monoisotopic (exact) mass is 197 g/mol. The quantitative estimate of drug-likeness (QED) is 0.615. The van der Waals surface area contributed by atoms with Gasteiger partial charge in [0.05, 0.1) is 12.6 Å². The molecule has 0 amide bonds. The van der Waals surface area contributed by atoms with Crippen molar-refractivity contribution in [2.24, 2.45) is 0 Å². The number of aromatic nitrogens is 2. The molecule has 76 valence electrons. The molecule has 6 nitrogen and oxygen atoms in total. The summed E-state index contributed by atoms with van der Waals surface area (Å²) in [5.41, 5.74) is -0.225. The van der Waals surface area contributed by atoms with Gasteiger partial charge in [-0.15, -0.1) is 0 Å². The molecule has 0 bridgehead atoms. The number of hydrogen-bond acceptors (Lipinski definition) is 5. The van der Waals surface area contributed by atoms with Gasteiger partial charge in [0, 0.05) is 6.07 Å². The fourth-order valence-corrected chi connectivity index (χ4v) is 1.32. The van der Waals surface area contributed by atoms with Gasteiger partial charge in [0.1, 0.15) is 12.4 Å². The Kier molecular flexibility index (Phi) is 2.22. The van der Waals surface area contributed by atoms with E-state index in [1.165, 1.54) is 11.1 Å². The van der Waals surface area contributed by atoms with Crippen molar-refractivity contribution >= 4 is 5.82 Å². The summed E-state index contributed by atoms with van der Waals surface area (Å²) in [6.45, 7) is 2.28. The SMILES string of the molecule is Cc1nc(N2CC(O)CO2)cc(=O)[nH]1. The highest BCUT2D eigenvalue weighted by Crippen LogP contribution is 2.14. The minimum atomic E-state index is -0.517. The van der Waals surface area contributed by atoms with Crippen LogP contribution in [0.15, 0.2) is 10.9 Å². The first kappa shape index (κ1) is 9.17. The number of aliphatic hydroxyl groups is 1. The van der Waals surface area contributed by atoms with Crippen LogP contribution in [-0.4, -0.2) is 34.3 Å². The van der Waals surface area contributed by atoms with E-state index >= 15 is 0 Å². The Hall–Kier alpha value is -1.40. The van der Waals surface area contributed by atoms with Crippen LogP contribution in [0.2, 0.25) is 0 Å². The van der Waals surface area contributed by atoms with E-state index < -0.39 is 6.10 Å². The lowest BCUT2D eigenvalue weighted by molar-refractivity contribution is 0.115. The molecule has 6 heteroatoms. The van der Waals surface area contributed by atoms with Crippen LogP contribution in [0.4, 0.5) is 5.82 Å². The number of β-amino-alcohol motifs (C(OH)–C–C–N with tert-alkyl or cyclic N) is 1. The summed E-state index contributed by atoms with van der Waals surface area (Å²) in [5, 5.41) is 10.6. The van der Waals surface area contributed by atoms with Crippen molar-refractivity contribution in [3.8, 4) is 0 Å². The zero-order valence-corrected chi connectivity index (χ0v) is 7.73. The highest BCUT2D eigenvalue weighted by Gasteiger charge is 2.23. The molecular weight excluding hydrogens is 186 g/mol. The number of hydroxylamine groups is 1. The summed E-state index contributed by atoms with van der Waals surface area (Å²) in [6.07, 6.45) is -0.517. The van der Waals surface area contributed by atoms with Gasteiger partial charge in [-0.2, -0.15) is 0 Å². The highest BCUT2D eigenvalue weighted by atomic mass is 16.7. The molecule has 14 heavy (non-hydrogen) atoms. The van der Waals surface area contributed by atoms with Gasteiger partial charge in [0.2, 0.25) is 0 Å². The van der Waals surface area contributed by atoms with Crippen molar-refractivity contribution in [3.05, 3.63) is 22.2 Å². The molecule has 2 rings (SSSR count). The molecule has 1 aliphatic heterocycles. The maximum atomic E-state index is 11.1. The van der Waals surface area contributed by atoms with E-state index in [1.54, 1.807) is 6.92 Å². The highest BCUT2D eigenvalue weighted by molar-refractivity contribution is 5.34. The van der Waals surface area contributed by atoms with Gasteiger partial charge < -0.3 is 10.1 Å². The summed E-state index contributed by atoms with van der Waals surface area (Å²) >= 11 is 0. The molecule has 1 aromatic rings. The number of hydrogen-bond donors (Lipinski definition) is 2. The molecule has 1 aromatic heterocycles. The Morgan fingerprint density at radius 2 is 2.57 bits per heavy atom. The summed E-state index contributed by atoms with van der Waals surface area (Å²) in [4.78, 5) is 22.9. The van der Waals surface area contributed by atoms with Crippen LogP contribution < -0.4 is 10.6 Å². The minimum absolute atomic E-state index is 0.225. The summed E-state index contributed by atoms with van der Waals surface area (Å²) in [5.74, 6) is 0.959. The molecule has 0 radical (unpaired) electrons. The molecule has 1 atom stereocenters. The second-order valence-corrected chi connectivity index (χ2v) is 3.20. The molecule has 0 saturated carbocycles. The molecule has 0 aromatic carbocycles. The van der Waals surface area contributed by atoms with Gasteiger partial charge in [-0.3, -0.25) is 9.63 Å². The number of aliphatic hydroxyl groups excluding tert-OH is 1. The lowest BCUT2D eigenvalue weighted by Gasteiger charge is -2.14. The first-order valence-electron chi connectivity index (χ1n) is 4.31. The lowest BCUT2D eigenvalue weighted by Crippen LogP contribution is -2.23. The van der Waals surface area contributed by atoms with Crippen LogP contribution in [-0.2, 0) is 4.84 Å². The van der Waals surface area contributed by atoms with Gasteiger partial charge in [0.15, 0.2) is 5.82 Å². The molecule has 0 spiro atoms. The fourth-order valence-electron chi connectivity index (χ4n) is 1.32. The number of aromatic amines is 1. The van der Waals surface area contributed by atoms with Crippen LogP contribution in [0, 0.1) is 6.92 Å². The predicted molar refractivity (Wildman–Crippen MR) is 48.9 cm³/mol. The normalized spacial score (nSPS) is 21.6. The maximum absolute atomic E-state index is 11.1. The van der Waals surface area contributed by atoms with E-state index in [0.29, 0.717) is 18.2 Å². The molecule has 2 heterocycles. The van der Waals surface area contributed by atoms with Gasteiger partial charge in [-0.1, -0.05) is 0 Å². The Morgan fingerprint density at radius 1 is 1.79 bits per heavy atom. The standard InChI is InChI=1S/C8H11N3O3/c1-5-9-7(2-8(13)10-5)11-3-6(12)4-14-11/h2,6,12H,3-4H2,1H3,(H,9,10,13). The molecule has 0 aliphatic carbocycles. The first-order valence-corrected chi connectivity index (χ1v) is 4.31. The maximum Gasteiger partial charge on any atom is 0.253 e. The average molecular weight is 197 g/mol. The molecule has 1 fully saturated rings. The summed E-state index contributed by atoms with van der Waals surface area (Å²) < 4.78 is 0. The van der Waals surface area contributed by atoms with Crippen LogP contribution in [0.25, 0.3) is 0 Å². The number of H-pyrrole nitrogens is 1.